The lowest BCUT2D eigenvalue weighted by atomic mass is 10.0. The molecule has 1 aliphatic heterocycles. The van der Waals surface area contributed by atoms with E-state index in [4.69, 9.17) is 9.72 Å². The Morgan fingerprint density at radius 3 is 2.87 bits per heavy atom. The molecule has 1 fully saturated rings. The maximum absolute atomic E-state index is 12.9. The number of pyridine rings is 1. The lowest BCUT2D eigenvalue weighted by Gasteiger charge is -2.32. The number of carbonyl (C=O) groups is 1. The number of aromatic nitrogens is 3. The minimum absolute atomic E-state index is 0.0667. The summed E-state index contributed by atoms with van der Waals surface area (Å²) in [6.45, 7) is 9.01. The SMILES string of the molecule is Cc1nn(C)cc1CN1CCO[C@@H](c2cc(C(=O)NC(C)C)c3ccccc3n2)C1. The van der Waals surface area contributed by atoms with Gasteiger partial charge in [-0.15, -0.1) is 0 Å². The van der Waals surface area contributed by atoms with Gasteiger partial charge in [-0.3, -0.25) is 14.4 Å². The molecular weight excluding hydrogens is 378 g/mol. The van der Waals surface area contributed by atoms with Gasteiger partial charge in [0.1, 0.15) is 6.10 Å². The molecule has 2 aromatic heterocycles. The van der Waals surface area contributed by atoms with Crippen LogP contribution in [0.1, 0.15) is 47.3 Å². The van der Waals surface area contributed by atoms with Crippen molar-refractivity contribution < 1.29 is 9.53 Å². The number of ether oxygens (including phenoxy) is 1. The number of nitrogens with zero attached hydrogens (tertiary/aromatic N) is 4. The summed E-state index contributed by atoms with van der Waals surface area (Å²) in [5.74, 6) is -0.0801. The molecule has 1 atom stereocenters. The molecular formula is C23H29N5O2. The van der Waals surface area contributed by atoms with Gasteiger partial charge < -0.3 is 10.1 Å². The van der Waals surface area contributed by atoms with Crippen LogP contribution >= 0.6 is 0 Å². The lowest BCUT2D eigenvalue weighted by Crippen LogP contribution is -2.38. The van der Waals surface area contributed by atoms with Gasteiger partial charge in [-0.05, 0) is 32.9 Å². The summed E-state index contributed by atoms with van der Waals surface area (Å²) in [6, 6.07) is 9.74. The molecule has 4 rings (SSSR count). The highest BCUT2D eigenvalue weighted by molar-refractivity contribution is 6.06. The Balaban J connectivity index is 1.61. The van der Waals surface area contributed by atoms with Gasteiger partial charge in [-0.1, -0.05) is 18.2 Å². The Hall–Kier alpha value is -2.77. The van der Waals surface area contributed by atoms with Crippen LogP contribution < -0.4 is 5.32 Å². The number of morpholine rings is 1. The van der Waals surface area contributed by atoms with Crippen LogP contribution in [-0.4, -0.2) is 51.3 Å². The van der Waals surface area contributed by atoms with Crippen molar-refractivity contribution in [1.82, 2.24) is 25.0 Å². The number of amides is 1. The van der Waals surface area contributed by atoms with E-state index in [9.17, 15) is 4.79 Å². The van der Waals surface area contributed by atoms with E-state index < -0.39 is 0 Å². The summed E-state index contributed by atoms with van der Waals surface area (Å²) in [7, 11) is 1.95. The summed E-state index contributed by atoms with van der Waals surface area (Å²) in [4.78, 5) is 20.1. The van der Waals surface area contributed by atoms with Gasteiger partial charge in [-0.25, -0.2) is 4.98 Å². The topological polar surface area (TPSA) is 72.3 Å². The first kappa shape index (κ1) is 20.5. The van der Waals surface area contributed by atoms with Crippen molar-refractivity contribution in [3.8, 4) is 0 Å². The summed E-state index contributed by atoms with van der Waals surface area (Å²) < 4.78 is 7.93. The van der Waals surface area contributed by atoms with Crippen molar-refractivity contribution in [2.24, 2.45) is 7.05 Å². The zero-order chi connectivity index (χ0) is 21.3. The fourth-order valence-electron chi connectivity index (χ4n) is 3.96. The van der Waals surface area contributed by atoms with E-state index in [1.807, 2.05) is 62.8 Å². The molecule has 7 heteroatoms. The number of rotatable bonds is 5. The Bertz CT molecular complexity index is 1060. The predicted molar refractivity (Wildman–Crippen MR) is 116 cm³/mol. The fraction of sp³-hybridized carbons (Fsp3) is 0.435. The minimum atomic E-state index is -0.175. The molecule has 0 radical (unpaired) electrons. The van der Waals surface area contributed by atoms with Crippen LogP contribution in [0.2, 0.25) is 0 Å². The lowest BCUT2D eigenvalue weighted by molar-refractivity contribution is -0.0349. The average Bonchev–Trinajstić information content (AvgIpc) is 3.03. The molecule has 0 aliphatic carbocycles. The third kappa shape index (κ3) is 4.37. The van der Waals surface area contributed by atoms with Gasteiger partial charge in [0.2, 0.25) is 0 Å². The van der Waals surface area contributed by atoms with Crippen LogP contribution in [0.15, 0.2) is 36.5 Å². The number of para-hydroxylation sites is 1. The van der Waals surface area contributed by atoms with E-state index in [1.165, 1.54) is 5.56 Å². The molecule has 158 valence electrons. The summed E-state index contributed by atoms with van der Waals surface area (Å²) >= 11 is 0. The highest BCUT2D eigenvalue weighted by atomic mass is 16.5. The number of fused-ring (bicyclic) bond motifs is 1. The van der Waals surface area contributed by atoms with Crippen molar-refractivity contribution in [2.75, 3.05) is 19.7 Å². The standard InChI is InChI=1S/C23H29N5O2/c1-15(2)24-23(29)19-11-21(25-20-8-6-5-7-18(19)20)22-14-28(9-10-30-22)13-17-12-27(4)26-16(17)3/h5-8,11-12,15,22H,9-10,13-14H2,1-4H3,(H,24,29)/t22-/m1/s1. The third-order valence-electron chi connectivity index (χ3n) is 5.39. The maximum atomic E-state index is 12.9. The predicted octanol–water partition coefficient (Wildman–Crippen LogP) is 2.99. The Morgan fingerprint density at radius 1 is 1.33 bits per heavy atom. The van der Waals surface area contributed by atoms with Crippen molar-refractivity contribution in [3.63, 3.8) is 0 Å². The molecule has 0 spiro atoms. The molecule has 1 aliphatic rings. The monoisotopic (exact) mass is 407 g/mol. The van der Waals surface area contributed by atoms with Gasteiger partial charge in [-0.2, -0.15) is 5.10 Å². The third-order valence-corrected chi connectivity index (χ3v) is 5.39. The Morgan fingerprint density at radius 2 is 2.13 bits per heavy atom. The number of carbonyl (C=O) groups excluding carboxylic acids is 1. The summed E-state index contributed by atoms with van der Waals surface area (Å²) in [5, 5.41) is 8.31. The molecule has 1 N–H and O–H groups in total. The van der Waals surface area contributed by atoms with Gasteiger partial charge in [0.25, 0.3) is 5.91 Å². The Labute approximate surface area is 177 Å². The fourth-order valence-corrected chi connectivity index (χ4v) is 3.96. The number of hydrogen-bond acceptors (Lipinski definition) is 5. The van der Waals surface area contributed by atoms with E-state index in [1.54, 1.807) is 0 Å². The van der Waals surface area contributed by atoms with E-state index in [0.29, 0.717) is 12.2 Å². The number of aryl methyl sites for hydroxylation is 2. The molecule has 1 amide bonds. The van der Waals surface area contributed by atoms with Gasteiger partial charge in [0.05, 0.1) is 29.1 Å². The highest BCUT2D eigenvalue weighted by Gasteiger charge is 2.26. The second-order valence-electron chi connectivity index (χ2n) is 8.25. The summed E-state index contributed by atoms with van der Waals surface area (Å²) in [6.07, 6.45) is 1.90. The molecule has 0 unspecified atom stereocenters. The highest BCUT2D eigenvalue weighted by Crippen LogP contribution is 2.27. The molecule has 0 bridgehead atoms. The van der Waals surface area contributed by atoms with Crippen molar-refractivity contribution in [3.05, 3.63) is 59.0 Å². The largest absolute Gasteiger partial charge is 0.369 e. The molecule has 1 aromatic carbocycles. The zero-order valence-electron chi connectivity index (χ0n) is 18.1. The van der Waals surface area contributed by atoms with Crippen molar-refractivity contribution >= 4 is 16.8 Å². The van der Waals surface area contributed by atoms with E-state index in [0.717, 1.165) is 41.9 Å². The molecule has 3 aromatic rings. The first-order chi connectivity index (χ1) is 14.4. The first-order valence-electron chi connectivity index (χ1n) is 10.4. The van der Waals surface area contributed by atoms with E-state index in [-0.39, 0.29) is 18.1 Å². The minimum Gasteiger partial charge on any atom is -0.369 e. The number of benzene rings is 1. The zero-order valence-corrected chi connectivity index (χ0v) is 18.1. The van der Waals surface area contributed by atoms with Crippen molar-refractivity contribution in [1.29, 1.82) is 0 Å². The smallest absolute Gasteiger partial charge is 0.252 e. The summed E-state index contributed by atoms with van der Waals surface area (Å²) in [5.41, 5.74) is 4.54. The number of hydrogen-bond donors (Lipinski definition) is 1. The van der Waals surface area contributed by atoms with Crippen molar-refractivity contribution in [2.45, 2.75) is 39.5 Å². The van der Waals surface area contributed by atoms with Gasteiger partial charge in [0.15, 0.2) is 0 Å². The van der Waals surface area contributed by atoms with Crippen LogP contribution in [-0.2, 0) is 18.3 Å². The number of nitrogens with one attached hydrogen (secondary N) is 1. The van der Waals surface area contributed by atoms with Gasteiger partial charge >= 0.3 is 0 Å². The van der Waals surface area contributed by atoms with Crippen LogP contribution in [0, 0.1) is 6.92 Å². The average molecular weight is 408 g/mol. The van der Waals surface area contributed by atoms with Gasteiger partial charge in [0, 0.05) is 49.9 Å². The Kier molecular flexibility index (Phi) is 5.83. The van der Waals surface area contributed by atoms with Crippen LogP contribution in [0.4, 0.5) is 0 Å². The second kappa shape index (κ2) is 8.53. The normalized spacial score (nSPS) is 17.6. The first-order valence-corrected chi connectivity index (χ1v) is 10.4. The molecule has 3 heterocycles. The van der Waals surface area contributed by atoms with Crippen LogP contribution in [0.25, 0.3) is 10.9 Å². The molecule has 7 nitrogen and oxygen atoms in total. The van der Waals surface area contributed by atoms with Crippen LogP contribution in [0.5, 0.6) is 0 Å². The molecule has 0 saturated carbocycles. The van der Waals surface area contributed by atoms with E-state index >= 15 is 0 Å². The molecule has 1 saturated heterocycles. The van der Waals surface area contributed by atoms with Crippen LogP contribution in [0.3, 0.4) is 0 Å². The maximum Gasteiger partial charge on any atom is 0.252 e. The molecule has 30 heavy (non-hydrogen) atoms. The quantitative estimate of drug-likeness (QED) is 0.704. The van der Waals surface area contributed by atoms with E-state index in [2.05, 4.69) is 21.5 Å². The second-order valence-corrected chi connectivity index (χ2v) is 8.25.